The first-order valence-electron chi connectivity index (χ1n) is 6.39. The molecule has 1 N–H and O–H groups in total. The fourth-order valence-corrected chi connectivity index (χ4v) is 1.99. The molecule has 0 aliphatic carbocycles. The number of hydrogen-bond donors (Lipinski definition) is 1. The van der Waals surface area contributed by atoms with Crippen molar-refractivity contribution >= 4 is 17.5 Å². The normalized spacial score (nSPS) is 11.3. The van der Waals surface area contributed by atoms with Crippen LogP contribution in [0.15, 0.2) is 30.6 Å². The Morgan fingerprint density at radius 1 is 1.22 bits per heavy atom. The zero-order valence-electron chi connectivity index (χ0n) is 11.5. The highest BCUT2D eigenvalue weighted by atomic mass is 35.5. The summed E-state index contributed by atoms with van der Waals surface area (Å²) in [6.07, 6.45) is -2.86. The summed E-state index contributed by atoms with van der Waals surface area (Å²) in [5.41, 5.74) is -1.91. The number of carbonyl (C=O) groups is 1. The van der Waals surface area contributed by atoms with Crippen LogP contribution < -0.4 is 5.32 Å². The van der Waals surface area contributed by atoms with Crippen LogP contribution in [0.1, 0.15) is 21.7 Å². The molecular formula is C14H10ClF4N3O. The number of alkyl halides is 3. The third-order valence-electron chi connectivity index (χ3n) is 2.88. The van der Waals surface area contributed by atoms with Crippen molar-refractivity contribution in [2.75, 3.05) is 6.54 Å². The number of hydrogen-bond acceptors (Lipinski definition) is 3. The summed E-state index contributed by atoms with van der Waals surface area (Å²) in [4.78, 5) is 18.4. The van der Waals surface area contributed by atoms with E-state index in [2.05, 4.69) is 15.3 Å². The van der Waals surface area contributed by atoms with Crippen LogP contribution in [0.2, 0.25) is 5.02 Å². The van der Waals surface area contributed by atoms with Crippen LogP contribution >= 0.6 is 11.6 Å². The summed E-state index contributed by atoms with van der Waals surface area (Å²) in [6, 6.07) is 4.03. The van der Waals surface area contributed by atoms with Gasteiger partial charge in [-0.05, 0) is 24.1 Å². The number of nitrogens with zero attached hydrogens (tertiary/aromatic N) is 2. The van der Waals surface area contributed by atoms with Crippen LogP contribution in [-0.4, -0.2) is 22.4 Å². The Kier molecular flexibility index (Phi) is 5.15. The van der Waals surface area contributed by atoms with Gasteiger partial charge in [-0.2, -0.15) is 13.2 Å². The number of benzene rings is 1. The van der Waals surface area contributed by atoms with Gasteiger partial charge in [0.2, 0.25) is 0 Å². The summed E-state index contributed by atoms with van der Waals surface area (Å²) in [5.74, 6) is -1.58. The average molecular weight is 348 g/mol. The van der Waals surface area contributed by atoms with E-state index >= 15 is 0 Å². The second kappa shape index (κ2) is 6.91. The number of carbonyl (C=O) groups excluding carboxylic acids is 1. The van der Waals surface area contributed by atoms with Crippen LogP contribution in [0.25, 0.3) is 0 Å². The highest BCUT2D eigenvalue weighted by Gasteiger charge is 2.37. The second-order valence-corrected chi connectivity index (χ2v) is 4.93. The molecule has 1 aromatic carbocycles. The molecule has 0 bridgehead atoms. The molecule has 1 heterocycles. The van der Waals surface area contributed by atoms with E-state index in [1.807, 2.05) is 0 Å². The molecule has 2 aromatic rings. The topological polar surface area (TPSA) is 54.9 Å². The Balaban J connectivity index is 2.03. The largest absolute Gasteiger partial charge is 0.435 e. The summed E-state index contributed by atoms with van der Waals surface area (Å²) in [5, 5.41) is 2.49. The third-order valence-corrected chi connectivity index (χ3v) is 3.11. The molecule has 23 heavy (non-hydrogen) atoms. The number of aromatic nitrogens is 2. The van der Waals surface area contributed by atoms with Crippen molar-refractivity contribution in [3.05, 3.63) is 58.4 Å². The van der Waals surface area contributed by atoms with E-state index in [1.165, 1.54) is 12.1 Å². The van der Waals surface area contributed by atoms with Crippen LogP contribution in [0.3, 0.4) is 0 Å². The fourth-order valence-electron chi connectivity index (χ4n) is 1.83. The van der Waals surface area contributed by atoms with Crippen LogP contribution in [-0.2, 0) is 12.6 Å². The first-order chi connectivity index (χ1) is 10.8. The molecule has 1 amide bonds. The lowest BCUT2D eigenvalue weighted by Gasteiger charge is -2.10. The zero-order valence-corrected chi connectivity index (χ0v) is 12.2. The van der Waals surface area contributed by atoms with Crippen molar-refractivity contribution in [1.82, 2.24) is 15.3 Å². The van der Waals surface area contributed by atoms with Gasteiger partial charge < -0.3 is 5.32 Å². The Hall–Kier alpha value is -2.22. The van der Waals surface area contributed by atoms with E-state index in [0.29, 0.717) is 0 Å². The molecule has 1 aromatic heterocycles. The van der Waals surface area contributed by atoms with Crippen LogP contribution in [0.4, 0.5) is 17.6 Å². The maximum atomic E-state index is 13.5. The standard InChI is InChI=1S/C14H10ClF4N3O/c15-9-2-1-8(10(16)7-9)3-4-22-13(23)11-12(14(17,18)19)21-6-5-20-11/h1-2,5-7H,3-4H2,(H,22,23). The van der Waals surface area contributed by atoms with Gasteiger partial charge in [-0.25, -0.2) is 14.4 Å². The molecule has 0 aliphatic rings. The SMILES string of the molecule is O=C(NCCc1ccc(Cl)cc1F)c1nccnc1C(F)(F)F. The molecule has 0 saturated carbocycles. The number of nitrogens with one attached hydrogen (secondary N) is 1. The van der Waals surface area contributed by atoms with E-state index in [0.717, 1.165) is 18.5 Å². The first-order valence-corrected chi connectivity index (χ1v) is 6.77. The fraction of sp³-hybridized carbons (Fsp3) is 0.214. The molecule has 0 atom stereocenters. The molecule has 0 aliphatic heterocycles. The Labute approximate surface area is 133 Å². The van der Waals surface area contributed by atoms with Gasteiger partial charge in [-0.1, -0.05) is 17.7 Å². The Bertz CT molecular complexity index is 721. The molecule has 0 radical (unpaired) electrons. The lowest BCUT2D eigenvalue weighted by molar-refractivity contribution is -0.141. The van der Waals surface area contributed by atoms with Gasteiger partial charge in [-0.3, -0.25) is 4.79 Å². The minimum atomic E-state index is -4.79. The smallest absolute Gasteiger partial charge is 0.350 e. The van der Waals surface area contributed by atoms with Crippen molar-refractivity contribution in [2.24, 2.45) is 0 Å². The second-order valence-electron chi connectivity index (χ2n) is 4.49. The molecule has 4 nitrogen and oxygen atoms in total. The molecule has 2 rings (SSSR count). The van der Waals surface area contributed by atoms with E-state index in [-0.39, 0.29) is 23.6 Å². The van der Waals surface area contributed by atoms with Gasteiger partial charge >= 0.3 is 6.18 Å². The average Bonchev–Trinajstić information content (AvgIpc) is 2.48. The van der Waals surface area contributed by atoms with Crippen molar-refractivity contribution in [2.45, 2.75) is 12.6 Å². The molecule has 0 fully saturated rings. The van der Waals surface area contributed by atoms with Crippen molar-refractivity contribution in [3.63, 3.8) is 0 Å². The summed E-state index contributed by atoms with van der Waals surface area (Å²) in [7, 11) is 0. The van der Waals surface area contributed by atoms with Gasteiger partial charge in [0.15, 0.2) is 11.4 Å². The van der Waals surface area contributed by atoms with E-state index in [4.69, 9.17) is 11.6 Å². The van der Waals surface area contributed by atoms with Crippen LogP contribution in [0, 0.1) is 5.82 Å². The van der Waals surface area contributed by atoms with Gasteiger partial charge in [0.1, 0.15) is 5.82 Å². The zero-order chi connectivity index (χ0) is 17.0. The summed E-state index contributed by atoms with van der Waals surface area (Å²) < 4.78 is 51.8. The van der Waals surface area contributed by atoms with E-state index < -0.39 is 29.3 Å². The number of amides is 1. The van der Waals surface area contributed by atoms with Gasteiger partial charge in [0, 0.05) is 24.0 Å². The third kappa shape index (κ3) is 4.38. The van der Waals surface area contributed by atoms with E-state index in [9.17, 15) is 22.4 Å². The highest BCUT2D eigenvalue weighted by molar-refractivity contribution is 6.30. The maximum Gasteiger partial charge on any atom is 0.435 e. The minimum Gasteiger partial charge on any atom is -0.350 e. The maximum absolute atomic E-state index is 13.5. The van der Waals surface area contributed by atoms with Crippen molar-refractivity contribution in [3.8, 4) is 0 Å². The molecular weight excluding hydrogens is 338 g/mol. The molecule has 9 heteroatoms. The predicted octanol–water partition coefficient (Wildman–Crippen LogP) is 3.26. The summed E-state index contributed by atoms with van der Waals surface area (Å²) >= 11 is 5.61. The van der Waals surface area contributed by atoms with Gasteiger partial charge in [0.25, 0.3) is 5.91 Å². The lowest BCUT2D eigenvalue weighted by Crippen LogP contribution is -2.29. The van der Waals surface area contributed by atoms with Gasteiger partial charge in [-0.15, -0.1) is 0 Å². The minimum absolute atomic E-state index is 0.0642. The van der Waals surface area contributed by atoms with E-state index in [1.54, 1.807) is 0 Å². The van der Waals surface area contributed by atoms with Crippen LogP contribution in [0.5, 0.6) is 0 Å². The lowest BCUT2D eigenvalue weighted by atomic mass is 10.1. The number of rotatable bonds is 4. The Morgan fingerprint density at radius 3 is 2.57 bits per heavy atom. The monoisotopic (exact) mass is 347 g/mol. The molecule has 122 valence electrons. The highest BCUT2D eigenvalue weighted by Crippen LogP contribution is 2.29. The predicted molar refractivity (Wildman–Crippen MR) is 74.5 cm³/mol. The van der Waals surface area contributed by atoms with Crippen molar-refractivity contribution < 1.29 is 22.4 Å². The Morgan fingerprint density at radius 2 is 1.91 bits per heavy atom. The molecule has 0 spiro atoms. The van der Waals surface area contributed by atoms with Crippen molar-refractivity contribution in [1.29, 1.82) is 0 Å². The van der Waals surface area contributed by atoms with Gasteiger partial charge in [0.05, 0.1) is 0 Å². The first kappa shape index (κ1) is 17.1. The molecule has 0 saturated heterocycles. The molecule has 0 unspecified atom stereocenters. The summed E-state index contributed by atoms with van der Waals surface area (Å²) in [6.45, 7) is -0.0642. The number of halogens is 5. The quantitative estimate of drug-likeness (QED) is 0.864.